The Labute approximate surface area is 127 Å². The van der Waals surface area contributed by atoms with Gasteiger partial charge < -0.3 is 10.1 Å². The summed E-state index contributed by atoms with van der Waals surface area (Å²) in [7, 11) is 3.71. The van der Waals surface area contributed by atoms with Gasteiger partial charge in [0.05, 0.1) is 25.0 Å². The van der Waals surface area contributed by atoms with Crippen LogP contribution >= 0.6 is 0 Å². The molecule has 21 heavy (non-hydrogen) atoms. The molecule has 2 rings (SSSR count). The Morgan fingerprint density at radius 2 is 1.95 bits per heavy atom. The molecule has 114 valence electrons. The third-order valence-electron chi connectivity index (χ3n) is 4.04. The van der Waals surface area contributed by atoms with Gasteiger partial charge in [-0.1, -0.05) is 37.3 Å². The minimum Gasteiger partial charge on any atom is -0.493 e. The van der Waals surface area contributed by atoms with Crippen molar-refractivity contribution in [2.75, 3.05) is 14.2 Å². The van der Waals surface area contributed by atoms with Gasteiger partial charge in [-0.3, -0.25) is 4.68 Å². The number of ether oxygens (including phenoxy) is 1. The fraction of sp³-hybridized carbons (Fsp3) is 0.471. The normalized spacial score (nSPS) is 13.9. The molecule has 2 aromatic rings. The topological polar surface area (TPSA) is 39.1 Å². The van der Waals surface area contributed by atoms with Crippen LogP contribution < -0.4 is 10.1 Å². The molecule has 0 aliphatic heterocycles. The zero-order valence-corrected chi connectivity index (χ0v) is 13.3. The van der Waals surface area contributed by atoms with Gasteiger partial charge in [0.1, 0.15) is 0 Å². The number of rotatable bonds is 7. The Balaban J connectivity index is 2.45. The van der Waals surface area contributed by atoms with Crippen LogP contribution in [0, 0.1) is 0 Å². The number of aromatic nitrogens is 2. The SMILES string of the molecule is CCC(c1ccccc1)C(NC)c1c(OC)cnn1CC. The van der Waals surface area contributed by atoms with Crippen LogP contribution in [-0.2, 0) is 6.54 Å². The summed E-state index contributed by atoms with van der Waals surface area (Å²) in [5, 5.41) is 7.90. The van der Waals surface area contributed by atoms with E-state index in [4.69, 9.17) is 4.74 Å². The molecule has 1 aromatic carbocycles. The molecule has 2 unspecified atom stereocenters. The molecule has 0 amide bonds. The molecule has 1 aromatic heterocycles. The van der Waals surface area contributed by atoms with Gasteiger partial charge in [-0.15, -0.1) is 0 Å². The Bertz CT molecular complexity index is 529. The number of benzene rings is 1. The highest BCUT2D eigenvalue weighted by molar-refractivity contribution is 5.33. The number of aryl methyl sites for hydroxylation is 1. The van der Waals surface area contributed by atoms with E-state index in [1.165, 1.54) is 5.56 Å². The summed E-state index contributed by atoms with van der Waals surface area (Å²) in [5.41, 5.74) is 2.46. The monoisotopic (exact) mass is 287 g/mol. The van der Waals surface area contributed by atoms with Gasteiger partial charge in [-0.25, -0.2) is 0 Å². The maximum atomic E-state index is 5.52. The number of hydrogen-bond donors (Lipinski definition) is 1. The van der Waals surface area contributed by atoms with Crippen LogP contribution in [0.3, 0.4) is 0 Å². The Morgan fingerprint density at radius 3 is 2.48 bits per heavy atom. The molecule has 0 fully saturated rings. The summed E-state index contributed by atoms with van der Waals surface area (Å²) < 4.78 is 7.54. The van der Waals surface area contributed by atoms with Gasteiger partial charge in [-0.2, -0.15) is 5.10 Å². The number of nitrogens with zero attached hydrogens (tertiary/aromatic N) is 2. The van der Waals surface area contributed by atoms with Crippen molar-refractivity contribution >= 4 is 0 Å². The van der Waals surface area contributed by atoms with Crippen LogP contribution in [0.5, 0.6) is 5.75 Å². The second kappa shape index (κ2) is 7.27. The van der Waals surface area contributed by atoms with Gasteiger partial charge >= 0.3 is 0 Å². The lowest BCUT2D eigenvalue weighted by Crippen LogP contribution is -2.27. The average Bonchev–Trinajstić information content (AvgIpc) is 2.96. The molecule has 1 N–H and O–H groups in total. The molecular formula is C17H25N3O. The third-order valence-corrected chi connectivity index (χ3v) is 4.04. The molecule has 0 spiro atoms. The van der Waals surface area contributed by atoms with E-state index in [1.807, 2.05) is 11.7 Å². The van der Waals surface area contributed by atoms with E-state index in [-0.39, 0.29) is 6.04 Å². The number of hydrogen-bond acceptors (Lipinski definition) is 3. The van der Waals surface area contributed by atoms with E-state index in [1.54, 1.807) is 13.3 Å². The first-order valence-electron chi connectivity index (χ1n) is 7.58. The maximum absolute atomic E-state index is 5.52. The van der Waals surface area contributed by atoms with Gasteiger partial charge in [0.25, 0.3) is 0 Å². The predicted octanol–water partition coefficient (Wildman–Crippen LogP) is 3.37. The molecule has 1 heterocycles. The standard InChI is InChI=1S/C17H25N3O/c1-5-14(13-10-8-7-9-11-13)16(18-3)17-15(21-4)12-19-20(17)6-2/h7-12,14,16,18H,5-6H2,1-4H3. The molecular weight excluding hydrogens is 262 g/mol. The van der Waals surface area contributed by atoms with Crippen molar-refractivity contribution in [3.05, 3.63) is 47.8 Å². The first-order valence-corrected chi connectivity index (χ1v) is 7.58. The van der Waals surface area contributed by atoms with Crippen LogP contribution in [0.25, 0.3) is 0 Å². The maximum Gasteiger partial charge on any atom is 0.161 e. The van der Waals surface area contributed by atoms with E-state index in [9.17, 15) is 0 Å². The molecule has 0 radical (unpaired) electrons. The van der Waals surface area contributed by atoms with Crippen molar-refractivity contribution in [1.29, 1.82) is 0 Å². The van der Waals surface area contributed by atoms with Gasteiger partial charge in [0, 0.05) is 12.5 Å². The van der Waals surface area contributed by atoms with Gasteiger partial charge in [0.2, 0.25) is 0 Å². The quantitative estimate of drug-likeness (QED) is 0.848. The highest BCUT2D eigenvalue weighted by Gasteiger charge is 2.28. The summed E-state index contributed by atoms with van der Waals surface area (Å²) in [5.74, 6) is 1.23. The van der Waals surface area contributed by atoms with Crippen molar-refractivity contribution in [2.24, 2.45) is 0 Å². The summed E-state index contributed by atoms with van der Waals surface area (Å²) in [6, 6.07) is 10.8. The summed E-state index contributed by atoms with van der Waals surface area (Å²) in [6.07, 6.45) is 2.86. The minimum absolute atomic E-state index is 0.176. The van der Waals surface area contributed by atoms with Crippen LogP contribution in [0.1, 0.15) is 43.5 Å². The van der Waals surface area contributed by atoms with Crippen LogP contribution in [0.4, 0.5) is 0 Å². The molecule has 2 atom stereocenters. The Kier molecular flexibility index (Phi) is 5.39. The molecule has 0 aliphatic carbocycles. The number of likely N-dealkylation sites (N-methyl/N-ethyl adjacent to an activating group) is 1. The third kappa shape index (κ3) is 3.10. The van der Waals surface area contributed by atoms with Crippen molar-refractivity contribution in [1.82, 2.24) is 15.1 Å². The van der Waals surface area contributed by atoms with Crippen molar-refractivity contribution in [3.8, 4) is 5.75 Å². The average molecular weight is 287 g/mol. The largest absolute Gasteiger partial charge is 0.493 e. The van der Waals surface area contributed by atoms with Gasteiger partial charge in [0.15, 0.2) is 5.75 Å². The predicted molar refractivity (Wildman–Crippen MR) is 85.7 cm³/mol. The minimum atomic E-state index is 0.176. The van der Waals surface area contributed by atoms with E-state index < -0.39 is 0 Å². The first kappa shape index (κ1) is 15.6. The highest BCUT2D eigenvalue weighted by Crippen LogP contribution is 2.37. The zero-order valence-electron chi connectivity index (χ0n) is 13.3. The zero-order chi connectivity index (χ0) is 15.2. The van der Waals surface area contributed by atoms with E-state index >= 15 is 0 Å². The lowest BCUT2D eigenvalue weighted by atomic mass is 9.87. The van der Waals surface area contributed by atoms with Crippen molar-refractivity contribution < 1.29 is 4.74 Å². The summed E-state index contributed by atoms with van der Waals surface area (Å²) in [6.45, 7) is 5.16. The lowest BCUT2D eigenvalue weighted by Gasteiger charge is -2.27. The fourth-order valence-electron chi connectivity index (χ4n) is 2.99. The van der Waals surface area contributed by atoms with E-state index in [0.29, 0.717) is 5.92 Å². The van der Waals surface area contributed by atoms with Crippen molar-refractivity contribution in [2.45, 2.75) is 38.8 Å². The second-order valence-electron chi connectivity index (χ2n) is 5.11. The summed E-state index contributed by atoms with van der Waals surface area (Å²) >= 11 is 0. The molecule has 0 aliphatic rings. The lowest BCUT2D eigenvalue weighted by molar-refractivity contribution is 0.376. The van der Waals surface area contributed by atoms with Crippen LogP contribution in [0.15, 0.2) is 36.5 Å². The number of methoxy groups -OCH3 is 1. The van der Waals surface area contributed by atoms with Gasteiger partial charge in [-0.05, 0) is 26.0 Å². The summed E-state index contributed by atoms with van der Waals surface area (Å²) in [4.78, 5) is 0. The van der Waals surface area contributed by atoms with Crippen LogP contribution in [0.2, 0.25) is 0 Å². The second-order valence-corrected chi connectivity index (χ2v) is 5.11. The van der Waals surface area contributed by atoms with Crippen LogP contribution in [-0.4, -0.2) is 23.9 Å². The molecule has 4 nitrogen and oxygen atoms in total. The molecule has 0 bridgehead atoms. The molecule has 0 saturated heterocycles. The Morgan fingerprint density at radius 1 is 1.24 bits per heavy atom. The van der Waals surface area contributed by atoms with Crippen molar-refractivity contribution in [3.63, 3.8) is 0 Å². The highest BCUT2D eigenvalue weighted by atomic mass is 16.5. The smallest absolute Gasteiger partial charge is 0.161 e. The Hall–Kier alpha value is -1.81. The van der Waals surface area contributed by atoms with E-state index in [2.05, 4.69) is 54.6 Å². The van der Waals surface area contributed by atoms with E-state index in [0.717, 1.165) is 24.4 Å². The number of nitrogens with one attached hydrogen (secondary N) is 1. The molecule has 0 saturated carbocycles. The first-order chi connectivity index (χ1) is 10.3. The fourth-order valence-corrected chi connectivity index (χ4v) is 2.99. The molecule has 4 heteroatoms.